The number of hydrogen-bond acceptors (Lipinski definition) is 4. The van der Waals surface area contributed by atoms with E-state index in [1.807, 2.05) is 35.2 Å². The molecule has 24 heavy (non-hydrogen) atoms. The van der Waals surface area contributed by atoms with Crippen molar-refractivity contribution in [1.29, 1.82) is 0 Å². The molecule has 2 heterocycles. The molecule has 3 rings (SSSR count). The summed E-state index contributed by atoms with van der Waals surface area (Å²) >= 11 is 0. The minimum absolute atomic E-state index is 0.0268. The van der Waals surface area contributed by atoms with Crippen LogP contribution in [0.4, 0.5) is 0 Å². The number of nitrogens with one attached hydrogen (secondary N) is 1. The van der Waals surface area contributed by atoms with Gasteiger partial charge in [0, 0.05) is 45.7 Å². The number of nitrogens with zero attached hydrogens (tertiary/aromatic N) is 2. The van der Waals surface area contributed by atoms with Crippen molar-refractivity contribution < 1.29 is 14.3 Å². The van der Waals surface area contributed by atoms with E-state index in [0.717, 1.165) is 38.4 Å². The molecule has 0 spiro atoms. The van der Waals surface area contributed by atoms with Gasteiger partial charge in [-0.25, -0.2) is 0 Å². The lowest BCUT2D eigenvalue weighted by molar-refractivity contribution is -0.129. The maximum atomic E-state index is 12.3. The van der Waals surface area contributed by atoms with Gasteiger partial charge in [0.2, 0.25) is 11.8 Å². The zero-order valence-electron chi connectivity index (χ0n) is 13.9. The molecule has 0 aliphatic carbocycles. The number of rotatable bonds is 6. The number of ether oxygens (including phenoxy) is 1. The molecule has 0 saturated carbocycles. The first-order valence-electron chi connectivity index (χ1n) is 8.62. The Morgan fingerprint density at radius 2 is 1.92 bits per heavy atom. The van der Waals surface area contributed by atoms with E-state index in [4.69, 9.17) is 4.74 Å². The average molecular weight is 331 g/mol. The van der Waals surface area contributed by atoms with Crippen LogP contribution in [0.25, 0.3) is 0 Å². The summed E-state index contributed by atoms with van der Waals surface area (Å²) in [5.41, 5.74) is 1.07. The van der Waals surface area contributed by atoms with Gasteiger partial charge in [-0.2, -0.15) is 0 Å². The van der Waals surface area contributed by atoms with Crippen LogP contribution in [0.3, 0.4) is 0 Å². The van der Waals surface area contributed by atoms with Gasteiger partial charge >= 0.3 is 0 Å². The standard InChI is InChI=1S/C18H25N3O3/c22-17-12-16(18(23)19-13-15-4-2-1-3-5-15)14-21(17)7-6-20-8-10-24-11-9-20/h1-5,16H,6-14H2,(H,19,23). The molecule has 2 fully saturated rings. The van der Waals surface area contributed by atoms with Gasteiger partial charge in [-0.1, -0.05) is 30.3 Å². The minimum Gasteiger partial charge on any atom is -0.379 e. The van der Waals surface area contributed by atoms with Crippen LogP contribution >= 0.6 is 0 Å². The third-order valence-corrected chi connectivity index (χ3v) is 4.68. The molecule has 1 N–H and O–H groups in total. The molecular weight excluding hydrogens is 306 g/mol. The number of carbonyl (C=O) groups excluding carboxylic acids is 2. The maximum Gasteiger partial charge on any atom is 0.225 e. The fourth-order valence-electron chi connectivity index (χ4n) is 3.18. The first-order valence-corrected chi connectivity index (χ1v) is 8.62. The summed E-state index contributed by atoms with van der Waals surface area (Å²) in [6, 6.07) is 9.82. The van der Waals surface area contributed by atoms with E-state index < -0.39 is 0 Å². The Labute approximate surface area is 142 Å². The largest absolute Gasteiger partial charge is 0.379 e. The van der Waals surface area contributed by atoms with Crippen LogP contribution in [-0.2, 0) is 20.9 Å². The van der Waals surface area contributed by atoms with Crippen LogP contribution in [0.2, 0.25) is 0 Å². The Bertz CT molecular complexity index is 558. The summed E-state index contributed by atoms with van der Waals surface area (Å²) in [6.07, 6.45) is 0.323. The number of hydrogen-bond donors (Lipinski definition) is 1. The molecule has 6 heteroatoms. The number of amides is 2. The fraction of sp³-hybridized carbons (Fsp3) is 0.556. The number of morpholine rings is 1. The Kier molecular flexibility index (Phi) is 5.82. The SMILES string of the molecule is O=C(NCc1ccccc1)C1CC(=O)N(CCN2CCOCC2)C1. The zero-order chi connectivity index (χ0) is 16.8. The molecule has 2 aliphatic heterocycles. The zero-order valence-corrected chi connectivity index (χ0v) is 13.9. The van der Waals surface area contributed by atoms with Gasteiger partial charge in [0.15, 0.2) is 0 Å². The first kappa shape index (κ1) is 16.9. The monoisotopic (exact) mass is 331 g/mol. The summed E-state index contributed by atoms with van der Waals surface area (Å²) in [4.78, 5) is 28.6. The van der Waals surface area contributed by atoms with Crippen LogP contribution in [0.5, 0.6) is 0 Å². The van der Waals surface area contributed by atoms with E-state index in [9.17, 15) is 9.59 Å². The van der Waals surface area contributed by atoms with Crippen LogP contribution in [0, 0.1) is 5.92 Å². The van der Waals surface area contributed by atoms with Crippen molar-refractivity contribution in [3.8, 4) is 0 Å². The summed E-state index contributed by atoms with van der Waals surface area (Å²) in [6.45, 7) is 5.96. The van der Waals surface area contributed by atoms with Gasteiger partial charge in [0.25, 0.3) is 0 Å². The van der Waals surface area contributed by atoms with Gasteiger partial charge in [-0.3, -0.25) is 14.5 Å². The summed E-state index contributed by atoms with van der Waals surface area (Å²) in [5.74, 6) is -0.171. The number of benzene rings is 1. The normalized spacial score (nSPS) is 21.9. The molecule has 0 bridgehead atoms. The van der Waals surface area contributed by atoms with Crippen LogP contribution in [-0.4, -0.2) is 67.6 Å². The Morgan fingerprint density at radius 3 is 2.67 bits per heavy atom. The second-order valence-corrected chi connectivity index (χ2v) is 6.40. The van der Waals surface area contributed by atoms with Crippen LogP contribution < -0.4 is 5.32 Å². The molecule has 0 radical (unpaired) electrons. The Hall–Kier alpha value is -1.92. The third-order valence-electron chi connectivity index (χ3n) is 4.68. The average Bonchev–Trinajstić information content (AvgIpc) is 3.00. The summed E-state index contributed by atoms with van der Waals surface area (Å²) in [7, 11) is 0. The van der Waals surface area contributed by atoms with E-state index in [1.165, 1.54) is 0 Å². The second kappa shape index (κ2) is 8.26. The molecule has 2 saturated heterocycles. The van der Waals surface area contributed by atoms with Crippen LogP contribution in [0.15, 0.2) is 30.3 Å². The van der Waals surface area contributed by atoms with Gasteiger partial charge < -0.3 is 15.0 Å². The number of likely N-dealkylation sites (tertiary alicyclic amines) is 1. The van der Waals surface area contributed by atoms with Crippen LogP contribution in [0.1, 0.15) is 12.0 Å². The van der Waals surface area contributed by atoms with Crippen molar-refractivity contribution in [2.45, 2.75) is 13.0 Å². The van der Waals surface area contributed by atoms with E-state index in [2.05, 4.69) is 10.2 Å². The maximum absolute atomic E-state index is 12.3. The van der Waals surface area contributed by atoms with E-state index >= 15 is 0 Å². The molecule has 2 amide bonds. The third kappa shape index (κ3) is 4.55. The lowest BCUT2D eigenvalue weighted by Gasteiger charge is -2.28. The smallest absolute Gasteiger partial charge is 0.225 e. The Balaban J connectivity index is 1.42. The molecule has 1 atom stereocenters. The van der Waals surface area contributed by atoms with E-state index in [1.54, 1.807) is 0 Å². The van der Waals surface area contributed by atoms with Crippen molar-refractivity contribution in [3.05, 3.63) is 35.9 Å². The molecule has 0 aromatic heterocycles. The molecule has 130 valence electrons. The molecule has 1 aromatic rings. The van der Waals surface area contributed by atoms with Crippen molar-refractivity contribution >= 4 is 11.8 Å². The predicted molar refractivity (Wildman–Crippen MR) is 90.2 cm³/mol. The highest BCUT2D eigenvalue weighted by Crippen LogP contribution is 2.18. The van der Waals surface area contributed by atoms with Crippen molar-refractivity contribution in [2.24, 2.45) is 5.92 Å². The fourth-order valence-corrected chi connectivity index (χ4v) is 3.18. The van der Waals surface area contributed by atoms with Gasteiger partial charge in [-0.15, -0.1) is 0 Å². The van der Waals surface area contributed by atoms with Crippen molar-refractivity contribution in [2.75, 3.05) is 45.9 Å². The molecule has 6 nitrogen and oxygen atoms in total. The molecule has 1 unspecified atom stereocenters. The highest BCUT2D eigenvalue weighted by Gasteiger charge is 2.34. The van der Waals surface area contributed by atoms with E-state index in [0.29, 0.717) is 26.1 Å². The van der Waals surface area contributed by atoms with Gasteiger partial charge in [-0.05, 0) is 5.56 Å². The molecule has 1 aromatic carbocycles. The summed E-state index contributed by atoms with van der Waals surface area (Å²) in [5, 5.41) is 2.94. The Morgan fingerprint density at radius 1 is 1.17 bits per heavy atom. The second-order valence-electron chi connectivity index (χ2n) is 6.40. The van der Waals surface area contributed by atoms with Crippen molar-refractivity contribution in [1.82, 2.24) is 15.1 Å². The van der Waals surface area contributed by atoms with Gasteiger partial charge in [0.1, 0.15) is 0 Å². The first-order chi connectivity index (χ1) is 11.7. The molecular formula is C18H25N3O3. The minimum atomic E-state index is -0.231. The highest BCUT2D eigenvalue weighted by atomic mass is 16.5. The topological polar surface area (TPSA) is 61.9 Å². The van der Waals surface area contributed by atoms with Crippen molar-refractivity contribution in [3.63, 3.8) is 0 Å². The molecule has 2 aliphatic rings. The predicted octanol–water partition coefficient (Wildman–Crippen LogP) is 0.484. The van der Waals surface area contributed by atoms with E-state index in [-0.39, 0.29) is 17.7 Å². The van der Waals surface area contributed by atoms with Gasteiger partial charge in [0.05, 0.1) is 19.1 Å². The summed E-state index contributed by atoms with van der Waals surface area (Å²) < 4.78 is 5.33. The highest BCUT2D eigenvalue weighted by molar-refractivity contribution is 5.89. The number of carbonyl (C=O) groups is 2. The quantitative estimate of drug-likeness (QED) is 0.824. The lowest BCUT2D eigenvalue weighted by Crippen LogP contribution is -2.42. The lowest BCUT2D eigenvalue weighted by atomic mass is 10.1.